The lowest BCUT2D eigenvalue weighted by atomic mass is 9.98. The largest absolute Gasteiger partial charge is 0.299 e. The van der Waals surface area contributed by atoms with Crippen LogP contribution in [0, 0.1) is 5.92 Å². The Kier molecular flexibility index (Phi) is 6.61. The Morgan fingerprint density at radius 3 is 2.58 bits per heavy atom. The normalized spacial score (nSPS) is 16.1. The van der Waals surface area contributed by atoms with Crippen molar-refractivity contribution in [3.05, 3.63) is 63.9 Å². The van der Waals surface area contributed by atoms with E-state index in [1.54, 1.807) is 24.4 Å². The van der Waals surface area contributed by atoms with E-state index in [2.05, 4.69) is 20.4 Å². The predicted octanol–water partition coefficient (Wildman–Crippen LogP) is 4.02. The first-order valence-electron chi connectivity index (χ1n) is 8.53. The van der Waals surface area contributed by atoms with Gasteiger partial charge in [0.25, 0.3) is 5.91 Å². The van der Waals surface area contributed by atoms with Crippen molar-refractivity contribution in [1.82, 2.24) is 15.3 Å². The lowest BCUT2D eigenvalue weighted by molar-refractivity contribution is 0.0949. The van der Waals surface area contributed by atoms with Crippen LogP contribution in [0.4, 0.5) is 0 Å². The zero-order valence-electron chi connectivity index (χ0n) is 14.2. The number of amides is 1. The number of hydrogen-bond acceptors (Lipinski definition) is 4. The molecule has 1 aliphatic heterocycles. The van der Waals surface area contributed by atoms with E-state index < -0.39 is 0 Å². The van der Waals surface area contributed by atoms with Crippen LogP contribution in [-0.2, 0) is 6.54 Å². The zero-order chi connectivity index (χ0) is 18.4. The van der Waals surface area contributed by atoms with Crippen molar-refractivity contribution in [3.8, 4) is 0 Å². The second-order valence-electron chi connectivity index (χ2n) is 6.25. The van der Waals surface area contributed by atoms with Crippen molar-refractivity contribution < 1.29 is 4.79 Å². The monoisotopic (exact) mass is 390 g/mol. The van der Waals surface area contributed by atoms with Crippen LogP contribution in [0.5, 0.6) is 0 Å². The molecule has 0 radical (unpaired) electrons. The molecule has 1 amide bonds. The van der Waals surface area contributed by atoms with Crippen LogP contribution in [0.15, 0.2) is 47.7 Å². The van der Waals surface area contributed by atoms with Crippen molar-refractivity contribution in [3.63, 3.8) is 0 Å². The third kappa shape index (κ3) is 5.04. The molecule has 1 aromatic carbocycles. The van der Waals surface area contributed by atoms with Crippen molar-refractivity contribution >= 4 is 35.3 Å². The molecule has 0 bridgehead atoms. The van der Waals surface area contributed by atoms with Gasteiger partial charge in [-0.15, -0.1) is 0 Å². The van der Waals surface area contributed by atoms with E-state index in [1.807, 2.05) is 24.4 Å². The second kappa shape index (κ2) is 9.12. The SMILES string of the molecule is O=C(N/N=C/C1CCN(Cc2c(Cl)cccc2Cl)CC1)c1ccccn1. The Labute approximate surface area is 163 Å². The Morgan fingerprint density at radius 2 is 1.92 bits per heavy atom. The van der Waals surface area contributed by atoms with Crippen LogP contribution in [0.1, 0.15) is 28.9 Å². The molecular formula is C19H20Cl2N4O. The standard InChI is InChI=1S/C19H20Cl2N4O/c20-16-4-3-5-17(21)15(16)13-25-10-7-14(8-11-25)12-23-24-19(26)18-6-1-2-9-22-18/h1-6,9,12,14H,7-8,10-11,13H2,(H,24,26)/b23-12+. The summed E-state index contributed by atoms with van der Waals surface area (Å²) in [6.07, 6.45) is 5.36. The number of piperidine rings is 1. The molecule has 1 N–H and O–H groups in total. The van der Waals surface area contributed by atoms with Crippen molar-refractivity contribution in [2.45, 2.75) is 19.4 Å². The van der Waals surface area contributed by atoms with Gasteiger partial charge in [0.1, 0.15) is 5.69 Å². The molecule has 0 saturated carbocycles. The van der Waals surface area contributed by atoms with Gasteiger partial charge in [-0.2, -0.15) is 5.10 Å². The summed E-state index contributed by atoms with van der Waals surface area (Å²) in [5, 5.41) is 5.50. The molecule has 136 valence electrons. The average molecular weight is 391 g/mol. The summed E-state index contributed by atoms with van der Waals surface area (Å²) in [5.74, 6) is 0.0460. The van der Waals surface area contributed by atoms with Gasteiger partial charge in [0.15, 0.2) is 0 Å². The third-order valence-electron chi connectivity index (χ3n) is 4.42. The summed E-state index contributed by atoms with van der Waals surface area (Å²) >= 11 is 12.5. The molecule has 2 aromatic rings. The van der Waals surface area contributed by atoms with E-state index in [1.165, 1.54) is 0 Å². The van der Waals surface area contributed by atoms with Gasteiger partial charge in [-0.25, -0.2) is 5.43 Å². The minimum absolute atomic E-state index is 0.298. The molecule has 1 saturated heterocycles. The summed E-state index contributed by atoms with van der Waals surface area (Å²) in [7, 11) is 0. The molecule has 1 fully saturated rings. The Balaban J connectivity index is 1.46. The molecule has 26 heavy (non-hydrogen) atoms. The molecule has 1 aliphatic rings. The van der Waals surface area contributed by atoms with E-state index in [0.717, 1.165) is 38.0 Å². The maximum Gasteiger partial charge on any atom is 0.289 e. The van der Waals surface area contributed by atoms with Gasteiger partial charge in [0.2, 0.25) is 0 Å². The number of pyridine rings is 1. The highest BCUT2D eigenvalue weighted by Crippen LogP contribution is 2.27. The lowest BCUT2D eigenvalue weighted by Gasteiger charge is -2.30. The van der Waals surface area contributed by atoms with Gasteiger partial charge in [-0.3, -0.25) is 14.7 Å². The fourth-order valence-electron chi connectivity index (χ4n) is 2.92. The van der Waals surface area contributed by atoms with Crippen molar-refractivity contribution in [1.29, 1.82) is 0 Å². The first-order chi connectivity index (χ1) is 12.6. The van der Waals surface area contributed by atoms with Gasteiger partial charge in [-0.05, 0) is 56.1 Å². The van der Waals surface area contributed by atoms with Crippen LogP contribution >= 0.6 is 23.2 Å². The molecule has 5 nitrogen and oxygen atoms in total. The molecule has 1 aromatic heterocycles. The van der Waals surface area contributed by atoms with E-state index in [-0.39, 0.29) is 5.91 Å². The molecule has 0 spiro atoms. The highest BCUT2D eigenvalue weighted by atomic mass is 35.5. The molecule has 3 rings (SSSR count). The Bertz CT molecular complexity index is 754. The van der Waals surface area contributed by atoms with Crippen molar-refractivity contribution in [2.24, 2.45) is 11.0 Å². The predicted molar refractivity (Wildman–Crippen MR) is 105 cm³/mol. The average Bonchev–Trinajstić information content (AvgIpc) is 2.67. The van der Waals surface area contributed by atoms with E-state index >= 15 is 0 Å². The summed E-state index contributed by atoms with van der Waals surface area (Å²) in [6.45, 7) is 2.62. The fourth-order valence-corrected chi connectivity index (χ4v) is 3.44. The number of nitrogens with zero attached hydrogens (tertiary/aromatic N) is 3. The van der Waals surface area contributed by atoms with Gasteiger partial charge < -0.3 is 0 Å². The van der Waals surface area contributed by atoms with Gasteiger partial charge in [0, 0.05) is 34.6 Å². The highest BCUT2D eigenvalue weighted by Gasteiger charge is 2.19. The number of rotatable bonds is 5. The smallest absolute Gasteiger partial charge is 0.289 e. The van der Waals surface area contributed by atoms with Crippen LogP contribution in [-0.4, -0.2) is 35.1 Å². The summed E-state index contributed by atoms with van der Waals surface area (Å²) in [6, 6.07) is 10.8. The van der Waals surface area contributed by atoms with Crippen molar-refractivity contribution in [2.75, 3.05) is 13.1 Å². The third-order valence-corrected chi connectivity index (χ3v) is 5.13. The van der Waals surface area contributed by atoms with Crippen LogP contribution in [0.25, 0.3) is 0 Å². The highest BCUT2D eigenvalue weighted by molar-refractivity contribution is 6.35. The van der Waals surface area contributed by atoms with Crippen LogP contribution in [0.3, 0.4) is 0 Å². The summed E-state index contributed by atoms with van der Waals surface area (Å²) in [4.78, 5) is 18.2. The second-order valence-corrected chi connectivity index (χ2v) is 7.06. The number of nitrogens with one attached hydrogen (secondary N) is 1. The maximum atomic E-state index is 11.9. The Hall–Kier alpha value is -1.95. The van der Waals surface area contributed by atoms with Gasteiger partial charge >= 0.3 is 0 Å². The van der Waals surface area contributed by atoms with E-state index in [4.69, 9.17) is 23.2 Å². The number of hydrazone groups is 1. The first-order valence-corrected chi connectivity index (χ1v) is 9.29. The number of benzene rings is 1. The lowest BCUT2D eigenvalue weighted by Crippen LogP contribution is -2.34. The quantitative estimate of drug-likeness (QED) is 0.619. The number of likely N-dealkylation sites (tertiary alicyclic amines) is 1. The molecule has 0 atom stereocenters. The van der Waals surface area contributed by atoms with Gasteiger partial charge in [0.05, 0.1) is 0 Å². The molecule has 0 unspecified atom stereocenters. The number of hydrogen-bond donors (Lipinski definition) is 1. The molecule has 2 heterocycles. The Morgan fingerprint density at radius 1 is 1.19 bits per heavy atom. The summed E-state index contributed by atoms with van der Waals surface area (Å²) < 4.78 is 0. The molecular weight excluding hydrogens is 371 g/mol. The fraction of sp³-hybridized carbons (Fsp3) is 0.316. The van der Waals surface area contributed by atoms with Crippen LogP contribution < -0.4 is 5.43 Å². The van der Waals surface area contributed by atoms with Crippen LogP contribution in [0.2, 0.25) is 10.0 Å². The molecule has 7 heteroatoms. The van der Waals surface area contributed by atoms with Gasteiger partial charge in [-0.1, -0.05) is 35.3 Å². The van der Waals surface area contributed by atoms with E-state index in [9.17, 15) is 4.79 Å². The number of halogens is 2. The minimum Gasteiger partial charge on any atom is -0.299 e. The summed E-state index contributed by atoms with van der Waals surface area (Å²) in [5.41, 5.74) is 3.87. The minimum atomic E-state index is -0.298. The number of carbonyl (C=O) groups is 1. The first kappa shape index (κ1) is 18.8. The maximum absolute atomic E-state index is 11.9. The number of aromatic nitrogens is 1. The zero-order valence-corrected chi connectivity index (χ0v) is 15.7. The van der Waals surface area contributed by atoms with E-state index in [0.29, 0.717) is 21.7 Å². The number of carbonyl (C=O) groups excluding carboxylic acids is 1. The molecule has 0 aliphatic carbocycles. The topological polar surface area (TPSA) is 57.6 Å².